The minimum absolute atomic E-state index is 0.0845. The fourth-order valence-corrected chi connectivity index (χ4v) is 2.17. The van der Waals surface area contributed by atoms with Gasteiger partial charge < -0.3 is 15.0 Å². The summed E-state index contributed by atoms with van der Waals surface area (Å²) in [7, 11) is 1.72. The van der Waals surface area contributed by atoms with Gasteiger partial charge in [-0.15, -0.1) is 0 Å². The Bertz CT molecular complexity index is 760. The molecule has 2 N–H and O–H groups in total. The molecule has 0 radical (unpaired) electrons. The Balaban J connectivity index is 1.92. The van der Waals surface area contributed by atoms with Gasteiger partial charge in [-0.25, -0.2) is 0 Å². The Morgan fingerprint density at radius 1 is 1.10 bits per heavy atom. The van der Waals surface area contributed by atoms with Crippen molar-refractivity contribution in [2.24, 2.45) is 0 Å². The highest BCUT2D eigenvalue weighted by Gasteiger charge is 2.14. The summed E-state index contributed by atoms with van der Waals surface area (Å²) in [6, 6.07) is 14.1. The first-order valence-electron chi connectivity index (χ1n) is 6.29. The van der Waals surface area contributed by atoms with Crippen molar-refractivity contribution < 1.29 is 9.90 Å². The zero-order valence-electron chi connectivity index (χ0n) is 11.0. The van der Waals surface area contributed by atoms with Gasteiger partial charge >= 0.3 is 0 Å². The SMILES string of the molecule is CN(C(=O)c1ccc2[nH]ccc2c1)c1ccc(O)cc1. The first-order valence-corrected chi connectivity index (χ1v) is 6.29. The van der Waals surface area contributed by atoms with Gasteiger partial charge in [0.05, 0.1) is 0 Å². The Morgan fingerprint density at radius 2 is 1.85 bits per heavy atom. The number of amides is 1. The summed E-state index contributed by atoms with van der Waals surface area (Å²) in [4.78, 5) is 17.1. The third-order valence-electron chi connectivity index (χ3n) is 3.34. The highest BCUT2D eigenvalue weighted by Crippen LogP contribution is 2.21. The lowest BCUT2D eigenvalue weighted by molar-refractivity contribution is 0.0993. The van der Waals surface area contributed by atoms with Gasteiger partial charge in [-0.3, -0.25) is 4.79 Å². The van der Waals surface area contributed by atoms with Crippen LogP contribution in [0.15, 0.2) is 54.7 Å². The van der Waals surface area contributed by atoms with E-state index in [1.807, 2.05) is 24.4 Å². The number of phenolic OH excluding ortho intramolecular Hbond substituents is 1. The van der Waals surface area contributed by atoms with E-state index in [1.54, 1.807) is 42.3 Å². The molecule has 4 heteroatoms. The van der Waals surface area contributed by atoms with Crippen LogP contribution in [-0.2, 0) is 0 Å². The zero-order chi connectivity index (χ0) is 14.1. The lowest BCUT2D eigenvalue weighted by Crippen LogP contribution is -2.26. The molecule has 0 unspecified atom stereocenters. The van der Waals surface area contributed by atoms with Crippen LogP contribution in [0.4, 0.5) is 5.69 Å². The van der Waals surface area contributed by atoms with Gasteiger partial charge in [-0.2, -0.15) is 0 Å². The molecule has 1 amide bonds. The summed E-state index contributed by atoms with van der Waals surface area (Å²) in [5, 5.41) is 10.3. The van der Waals surface area contributed by atoms with Gasteiger partial charge in [0.25, 0.3) is 5.91 Å². The minimum Gasteiger partial charge on any atom is -0.508 e. The number of carbonyl (C=O) groups is 1. The lowest BCUT2D eigenvalue weighted by atomic mass is 10.1. The Morgan fingerprint density at radius 3 is 2.60 bits per heavy atom. The van der Waals surface area contributed by atoms with Gasteiger partial charge in [0.1, 0.15) is 5.75 Å². The van der Waals surface area contributed by atoms with E-state index in [4.69, 9.17) is 0 Å². The molecule has 0 atom stereocenters. The molecule has 20 heavy (non-hydrogen) atoms. The monoisotopic (exact) mass is 266 g/mol. The van der Waals surface area contributed by atoms with Gasteiger partial charge in [-0.05, 0) is 48.5 Å². The van der Waals surface area contributed by atoms with Crippen LogP contribution in [0.3, 0.4) is 0 Å². The quantitative estimate of drug-likeness (QED) is 0.748. The summed E-state index contributed by atoms with van der Waals surface area (Å²) in [6.07, 6.45) is 1.85. The summed E-state index contributed by atoms with van der Waals surface area (Å²) in [6.45, 7) is 0. The molecule has 0 aliphatic rings. The van der Waals surface area contributed by atoms with Gasteiger partial charge in [0.2, 0.25) is 0 Å². The number of anilines is 1. The molecule has 1 aromatic heterocycles. The molecule has 0 spiro atoms. The molecule has 3 aromatic rings. The summed E-state index contributed by atoms with van der Waals surface area (Å²) in [5.41, 5.74) is 2.38. The van der Waals surface area contributed by atoms with Crippen LogP contribution in [0.1, 0.15) is 10.4 Å². The number of aromatic nitrogens is 1. The highest BCUT2D eigenvalue weighted by molar-refractivity contribution is 6.07. The maximum absolute atomic E-state index is 12.4. The topological polar surface area (TPSA) is 56.3 Å². The van der Waals surface area contributed by atoms with Crippen molar-refractivity contribution >= 4 is 22.5 Å². The van der Waals surface area contributed by atoms with Crippen LogP contribution in [0.2, 0.25) is 0 Å². The molecule has 0 aliphatic heterocycles. The van der Waals surface area contributed by atoms with Crippen LogP contribution in [0.25, 0.3) is 10.9 Å². The van der Waals surface area contributed by atoms with E-state index in [0.717, 1.165) is 16.6 Å². The van der Waals surface area contributed by atoms with E-state index in [0.29, 0.717) is 5.56 Å². The summed E-state index contributed by atoms with van der Waals surface area (Å²) >= 11 is 0. The molecule has 0 aliphatic carbocycles. The van der Waals surface area contributed by atoms with E-state index in [9.17, 15) is 9.90 Å². The van der Waals surface area contributed by atoms with Crippen molar-refractivity contribution in [2.45, 2.75) is 0 Å². The molecule has 1 heterocycles. The summed E-state index contributed by atoms with van der Waals surface area (Å²) < 4.78 is 0. The number of fused-ring (bicyclic) bond motifs is 1. The predicted octanol–water partition coefficient (Wildman–Crippen LogP) is 3.15. The maximum atomic E-state index is 12.4. The number of benzene rings is 2. The molecule has 2 aromatic carbocycles. The van der Waals surface area contributed by atoms with Crippen LogP contribution in [0.5, 0.6) is 5.75 Å². The van der Waals surface area contributed by atoms with E-state index >= 15 is 0 Å². The first-order chi connectivity index (χ1) is 9.65. The molecule has 3 rings (SSSR count). The molecule has 0 fully saturated rings. The fourth-order valence-electron chi connectivity index (χ4n) is 2.17. The molecule has 0 saturated heterocycles. The second-order valence-electron chi connectivity index (χ2n) is 4.66. The largest absolute Gasteiger partial charge is 0.508 e. The fraction of sp³-hybridized carbons (Fsp3) is 0.0625. The summed E-state index contributed by atoms with van der Waals surface area (Å²) in [5.74, 6) is 0.0992. The number of H-pyrrole nitrogens is 1. The van der Waals surface area contributed by atoms with Gasteiger partial charge in [-0.1, -0.05) is 0 Å². The van der Waals surface area contributed by atoms with Crippen molar-refractivity contribution in [3.8, 4) is 5.75 Å². The minimum atomic E-state index is -0.0845. The molecule has 0 saturated carbocycles. The number of nitrogens with one attached hydrogen (secondary N) is 1. The molecule has 100 valence electrons. The highest BCUT2D eigenvalue weighted by atomic mass is 16.3. The van der Waals surface area contributed by atoms with Crippen molar-refractivity contribution in [2.75, 3.05) is 11.9 Å². The number of rotatable bonds is 2. The van der Waals surface area contributed by atoms with E-state index in [2.05, 4.69) is 4.98 Å². The number of aromatic amines is 1. The molecular formula is C16H14N2O2. The smallest absolute Gasteiger partial charge is 0.258 e. The average Bonchev–Trinajstić information content (AvgIpc) is 2.94. The van der Waals surface area contributed by atoms with Crippen LogP contribution in [-0.4, -0.2) is 23.0 Å². The number of hydrogen-bond acceptors (Lipinski definition) is 2. The normalized spacial score (nSPS) is 10.7. The van der Waals surface area contributed by atoms with Crippen molar-refractivity contribution in [1.29, 1.82) is 0 Å². The van der Waals surface area contributed by atoms with Gasteiger partial charge in [0.15, 0.2) is 0 Å². The second-order valence-corrected chi connectivity index (χ2v) is 4.66. The van der Waals surface area contributed by atoms with E-state index < -0.39 is 0 Å². The van der Waals surface area contributed by atoms with Crippen LogP contribution >= 0.6 is 0 Å². The Hall–Kier alpha value is -2.75. The average molecular weight is 266 g/mol. The third kappa shape index (κ3) is 2.12. The zero-order valence-corrected chi connectivity index (χ0v) is 11.0. The number of aromatic hydroxyl groups is 1. The number of nitrogens with zero attached hydrogens (tertiary/aromatic N) is 1. The predicted molar refractivity (Wildman–Crippen MR) is 79.1 cm³/mol. The third-order valence-corrected chi connectivity index (χ3v) is 3.34. The maximum Gasteiger partial charge on any atom is 0.258 e. The van der Waals surface area contributed by atoms with Crippen molar-refractivity contribution in [1.82, 2.24) is 4.98 Å². The Labute approximate surface area is 116 Å². The van der Waals surface area contributed by atoms with Crippen LogP contribution < -0.4 is 4.90 Å². The number of phenols is 1. The van der Waals surface area contributed by atoms with E-state index in [1.165, 1.54) is 0 Å². The second kappa shape index (κ2) is 4.74. The van der Waals surface area contributed by atoms with Crippen LogP contribution in [0, 0.1) is 0 Å². The van der Waals surface area contributed by atoms with Crippen molar-refractivity contribution in [3.05, 3.63) is 60.3 Å². The molecular weight excluding hydrogens is 252 g/mol. The Kier molecular flexibility index (Phi) is 2.91. The molecule has 0 bridgehead atoms. The standard InChI is InChI=1S/C16H14N2O2/c1-18(13-3-5-14(19)6-4-13)16(20)12-2-7-15-11(10-12)8-9-17-15/h2-10,17,19H,1H3. The number of carbonyl (C=O) groups excluding carboxylic acids is 1. The van der Waals surface area contributed by atoms with E-state index in [-0.39, 0.29) is 11.7 Å². The number of hydrogen-bond donors (Lipinski definition) is 2. The van der Waals surface area contributed by atoms with Crippen molar-refractivity contribution in [3.63, 3.8) is 0 Å². The first kappa shape index (κ1) is 12.3. The molecule has 4 nitrogen and oxygen atoms in total. The lowest BCUT2D eigenvalue weighted by Gasteiger charge is -2.17. The van der Waals surface area contributed by atoms with Gasteiger partial charge in [0, 0.05) is 35.4 Å².